The maximum Gasteiger partial charge on any atom is 0.230 e. The van der Waals surface area contributed by atoms with Crippen molar-refractivity contribution in [3.63, 3.8) is 0 Å². The third-order valence-corrected chi connectivity index (χ3v) is 3.62. The SMILES string of the molecule is COC[C@H](C)NC(=O)CSCc1ccccc1Cl. The number of rotatable bonds is 7. The van der Waals surface area contributed by atoms with Crippen LogP contribution in [-0.2, 0) is 15.3 Å². The Balaban J connectivity index is 2.25. The lowest BCUT2D eigenvalue weighted by Gasteiger charge is -2.12. The van der Waals surface area contributed by atoms with Crippen LogP contribution in [0.4, 0.5) is 0 Å². The minimum Gasteiger partial charge on any atom is -0.383 e. The molecule has 0 heterocycles. The summed E-state index contributed by atoms with van der Waals surface area (Å²) < 4.78 is 4.96. The van der Waals surface area contributed by atoms with Crippen molar-refractivity contribution in [1.82, 2.24) is 5.32 Å². The van der Waals surface area contributed by atoms with E-state index in [1.165, 1.54) is 0 Å². The Hall–Kier alpha value is -0.710. The molecule has 0 fully saturated rings. The standard InChI is InChI=1S/C13H18ClNO2S/c1-10(7-17-2)15-13(16)9-18-8-11-5-3-4-6-12(11)14/h3-6,10H,7-9H2,1-2H3,(H,15,16)/t10-/m0/s1. The van der Waals surface area contributed by atoms with Gasteiger partial charge in [-0.05, 0) is 18.6 Å². The lowest BCUT2D eigenvalue weighted by atomic mass is 10.2. The molecule has 0 aliphatic heterocycles. The van der Waals surface area contributed by atoms with Crippen LogP contribution in [0.2, 0.25) is 5.02 Å². The molecule has 1 atom stereocenters. The highest BCUT2D eigenvalue weighted by molar-refractivity contribution is 7.99. The number of halogens is 1. The molecule has 0 saturated heterocycles. The summed E-state index contributed by atoms with van der Waals surface area (Å²) in [7, 11) is 1.62. The van der Waals surface area contributed by atoms with Crippen molar-refractivity contribution in [2.45, 2.75) is 18.7 Å². The Morgan fingerprint density at radius 2 is 2.22 bits per heavy atom. The third-order valence-electron chi connectivity index (χ3n) is 2.27. The molecule has 1 amide bonds. The number of carbonyl (C=O) groups excluding carboxylic acids is 1. The highest BCUT2D eigenvalue weighted by atomic mass is 35.5. The first-order valence-electron chi connectivity index (χ1n) is 5.73. The summed E-state index contributed by atoms with van der Waals surface area (Å²) in [5, 5.41) is 3.61. The number of methoxy groups -OCH3 is 1. The quantitative estimate of drug-likeness (QED) is 0.838. The molecular formula is C13H18ClNO2S. The van der Waals surface area contributed by atoms with E-state index in [2.05, 4.69) is 5.32 Å². The summed E-state index contributed by atoms with van der Waals surface area (Å²) in [4.78, 5) is 11.6. The van der Waals surface area contributed by atoms with Gasteiger partial charge in [0.05, 0.1) is 12.4 Å². The number of nitrogens with one attached hydrogen (secondary N) is 1. The molecule has 1 aromatic rings. The topological polar surface area (TPSA) is 38.3 Å². The second-order valence-corrected chi connectivity index (χ2v) is 5.40. The van der Waals surface area contributed by atoms with Gasteiger partial charge in [0, 0.05) is 23.9 Å². The monoisotopic (exact) mass is 287 g/mol. The first-order valence-corrected chi connectivity index (χ1v) is 7.26. The van der Waals surface area contributed by atoms with Gasteiger partial charge in [-0.15, -0.1) is 11.8 Å². The summed E-state index contributed by atoms with van der Waals surface area (Å²) in [6, 6.07) is 7.72. The summed E-state index contributed by atoms with van der Waals surface area (Å²) in [6.45, 7) is 2.45. The van der Waals surface area contributed by atoms with Gasteiger partial charge in [-0.1, -0.05) is 29.8 Å². The smallest absolute Gasteiger partial charge is 0.230 e. The van der Waals surface area contributed by atoms with Crippen LogP contribution in [0, 0.1) is 0 Å². The summed E-state index contributed by atoms with van der Waals surface area (Å²) in [6.07, 6.45) is 0. The first-order chi connectivity index (χ1) is 8.63. The van der Waals surface area contributed by atoms with E-state index in [-0.39, 0.29) is 11.9 Å². The molecule has 0 aliphatic rings. The van der Waals surface area contributed by atoms with E-state index in [1.807, 2.05) is 31.2 Å². The highest BCUT2D eigenvalue weighted by Gasteiger charge is 2.07. The molecule has 0 aromatic heterocycles. The predicted octanol–water partition coefficient (Wildman–Crippen LogP) is 2.72. The molecule has 0 bridgehead atoms. The van der Waals surface area contributed by atoms with Crippen molar-refractivity contribution < 1.29 is 9.53 Å². The molecule has 5 heteroatoms. The molecule has 1 aromatic carbocycles. The van der Waals surface area contributed by atoms with Crippen LogP contribution in [-0.4, -0.2) is 31.4 Å². The zero-order valence-electron chi connectivity index (χ0n) is 10.6. The van der Waals surface area contributed by atoms with Gasteiger partial charge in [-0.2, -0.15) is 0 Å². The van der Waals surface area contributed by atoms with Crippen LogP contribution in [0.15, 0.2) is 24.3 Å². The fourth-order valence-corrected chi connectivity index (χ4v) is 2.60. The Morgan fingerprint density at radius 3 is 2.89 bits per heavy atom. The second-order valence-electron chi connectivity index (χ2n) is 4.01. The number of benzene rings is 1. The number of hydrogen-bond acceptors (Lipinski definition) is 3. The van der Waals surface area contributed by atoms with E-state index in [0.717, 1.165) is 16.3 Å². The Morgan fingerprint density at radius 1 is 1.50 bits per heavy atom. The second kappa shape index (κ2) is 8.40. The van der Waals surface area contributed by atoms with E-state index in [1.54, 1.807) is 18.9 Å². The minimum absolute atomic E-state index is 0.0246. The van der Waals surface area contributed by atoms with Crippen molar-refractivity contribution >= 4 is 29.3 Å². The van der Waals surface area contributed by atoms with Gasteiger partial charge in [-0.3, -0.25) is 4.79 Å². The predicted molar refractivity (Wildman–Crippen MR) is 77.1 cm³/mol. The van der Waals surface area contributed by atoms with E-state index in [9.17, 15) is 4.79 Å². The zero-order chi connectivity index (χ0) is 13.4. The Kier molecular flexibility index (Phi) is 7.16. The maximum atomic E-state index is 11.6. The normalized spacial score (nSPS) is 12.2. The molecule has 3 nitrogen and oxygen atoms in total. The van der Waals surface area contributed by atoms with E-state index in [0.29, 0.717) is 12.4 Å². The molecule has 1 rings (SSSR count). The summed E-state index contributed by atoms with van der Waals surface area (Å²) >= 11 is 7.59. The molecule has 0 aliphatic carbocycles. The van der Waals surface area contributed by atoms with E-state index < -0.39 is 0 Å². The molecule has 0 unspecified atom stereocenters. The van der Waals surface area contributed by atoms with Gasteiger partial charge in [-0.25, -0.2) is 0 Å². The summed E-state index contributed by atoms with van der Waals surface area (Å²) in [5.74, 6) is 1.20. The first kappa shape index (κ1) is 15.3. The fraction of sp³-hybridized carbons (Fsp3) is 0.462. The van der Waals surface area contributed by atoms with Gasteiger partial charge in [0.25, 0.3) is 0 Å². The molecule has 0 spiro atoms. The van der Waals surface area contributed by atoms with Crippen LogP contribution in [0.5, 0.6) is 0 Å². The highest BCUT2D eigenvalue weighted by Crippen LogP contribution is 2.20. The average Bonchev–Trinajstić information content (AvgIpc) is 2.31. The number of amides is 1. The molecule has 1 N–H and O–H groups in total. The number of ether oxygens (including phenoxy) is 1. The molecule has 0 saturated carbocycles. The fourth-order valence-electron chi connectivity index (χ4n) is 1.48. The van der Waals surface area contributed by atoms with E-state index in [4.69, 9.17) is 16.3 Å². The molecule has 0 radical (unpaired) electrons. The Labute approximate surface area is 117 Å². The molecular weight excluding hydrogens is 270 g/mol. The molecule has 100 valence electrons. The van der Waals surface area contributed by atoms with Gasteiger partial charge in [0.15, 0.2) is 0 Å². The average molecular weight is 288 g/mol. The van der Waals surface area contributed by atoms with Gasteiger partial charge < -0.3 is 10.1 Å². The van der Waals surface area contributed by atoms with Crippen molar-refractivity contribution in [1.29, 1.82) is 0 Å². The lowest BCUT2D eigenvalue weighted by molar-refractivity contribution is -0.119. The van der Waals surface area contributed by atoms with Crippen LogP contribution < -0.4 is 5.32 Å². The van der Waals surface area contributed by atoms with Crippen molar-refractivity contribution in [3.05, 3.63) is 34.9 Å². The van der Waals surface area contributed by atoms with Crippen LogP contribution in [0.3, 0.4) is 0 Å². The van der Waals surface area contributed by atoms with Gasteiger partial charge in [0.1, 0.15) is 0 Å². The van der Waals surface area contributed by atoms with Crippen molar-refractivity contribution in [2.24, 2.45) is 0 Å². The number of hydrogen-bond donors (Lipinski definition) is 1. The van der Waals surface area contributed by atoms with Crippen LogP contribution in [0.1, 0.15) is 12.5 Å². The minimum atomic E-state index is 0.0246. The zero-order valence-corrected chi connectivity index (χ0v) is 12.2. The van der Waals surface area contributed by atoms with Gasteiger partial charge >= 0.3 is 0 Å². The van der Waals surface area contributed by atoms with E-state index >= 15 is 0 Å². The van der Waals surface area contributed by atoms with Gasteiger partial charge in [0.2, 0.25) is 5.91 Å². The Bertz CT molecular complexity index is 387. The largest absolute Gasteiger partial charge is 0.383 e. The van der Waals surface area contributed by atoms with Crippen molar-refractivity contribution in [2.75, 3.05) is 19.5 Å². The maximum absolute atomic E-state index is 11.6. The van der Waals surface area contributed by atoms with Crippen LogP contribution in [0.25, 0.3) is 0 Å². The number of thioether (sulfide) groups is 1. The lowest BCUT2D eigenvalue weighted by Crippen LogP contribution is -2.36. The molecule has 18 heavy (non-hydrogen) atoms. The third kappa shape index (κ3) is 5.76. The number of carbonyl (C=O) groups is 1. The summed E-state index contributed by atoms with van der Waals surface area (Å²) in [5.41, 5.74) is 1.06. The van der Waals surface area contributed by atoms with Crippen molar-refractivity contribution in [3.8, 4) is 0 Å². The van der Waals surface area contributed by atoms with Crippen LogP contribution >= 0.6 is 23.4 Å².